The van der Waals surface area contributed by atoms with Gasteiger partial charge in [0.2, 0.25) is 0 Å². The molecule has 0 aliphatic carbocycles. The van der Waals surface area contributed by atoms with Crippen LogP contribution in [-0.2, 0) is 19.4 Å². The van der Waals surface area contributed by atoms with Crippen molar-refractivity contribution in [1.82, 2.24) is 0 Å². The van der Waals surface area contributed by atoms with Gasteiger partial charge in [-0.05, 0) is 25.7 Å². The molecule has 2 rings (SSSR count). The van der Waals surface area contributed by atoms with Crippen LogP contribution in [0, 0.1) is 5.41 Å². The summed E-state index contributed by atoms with van der Waals surface area (Å²) < 4.78 is 28.2. The quantitative estimate of drug-likeness (QED) is 0.784. The van der Waals surface area contributed by atoms with Crippen LogP contribution in [0.5, 0.6) is 0 Å². The van der Waals surface area contributed by atoms with Gasteiger partial charge in [-0.15, -0.1) is 0 Å². The summed E-state index contributed by atoms with van der Waals surface area (Å²) in [7, 11) is -3.18. The normalized spacial score (nSPS) is 37.6. The van der Waals surface area contributed by atoms with Crippen molar-refractivity contribution >= 4 is 15.8 Å². The molecule has 0 amide bonds. The van der Waals surface area contributed by atoms with E-state index in [9.17, 15) is 18.3 Å². The highest BCUT2D eigenvalue weighted by molar-refractivity contribution is 7.91. The Morgan fingerprint density at radius 3 is 2.69 bits per heavy atom. The van der Waals surface area contributed by atoms with E-state index in [2.05, 4.69) is 0 Å². The Morgan fingerprint density at radius 2 is 2.25 bits per heavy atom. The molecule has 2 fully saturated rings. The zero-order valence-electron chi connectivity index (χ0n) is 9.02. The van der Waals surface area contributed by atoms with E-state index in [0.29, 0.717) is 13.0 Å². The van der Waals surface area contributed by atoms with Crippen LogP contribution in [0.15, 0.2) is 0 Å². The first-order valence-corrected chi connectivity index (χ1v) is 7.31. The van der Waals surface area contributed by atoms with Gasteiger partial charge in [0.05, 0.1) is 23.0 Å². The zero-order chi connectivity index (χ0) is 11.8. The predicted molar refractivity (Wildman–Crippen MR) is 56.9 cm³/mol. The SMILES string of the molecule is O=C(O)C1(CC2CCCO2)CCS(=O)(=O)C1. The van der Waals surface area contributed by atoms with Gasteiger partial charge in [0, 0.05) is 6.61 Å². The molecule has 0 aromatic carbocycles. The van der Waals surface area contributed by atoms with E-state index in [-0.39, 0.29) is 24.0 Å². The van der Waals surface area contributed by atoms with Crippen molar-refractivity contribution in [2.45, 2.75) is 31.8 Å². The lowest BCUT2D eigenvalue weighted by atomic mass is 9.81. The molecule has 0 aromatic rings. The molecule has 0 aromatic heterocycles. The average molecular weight is 248 g/mol. The van der Waals surface area contributed by atoms with Crippen LogP contribution in [0.4, 0.5) is 0 Å². The summed E-state index contributed by atoms with van der Waals surface area (Å²) in [6.45, 7) is 0.660. The molecule has 1 N–H and O–H groups in total. The molecule has 16 heavy (non-hydrogen) atoms. The Bertz CT molecular complexity index is 382. The number of hydrogen-bond acceptors (Lipinski definition) is 4. The summed E-state index contributed by atoms with van der Waals surface area (Å²) in [5.74, 6) is -1.23. The van der Waals surface area contributed by atoms with Crippen molar-refractivity contribution in [2.24, 2.45) is 5.41 Å². The second kappa shape index (κ2) is 4.00. The lowest BCUT2D eigenvalue weighted by Crippen LogP contribution is -2.36. The first kappa shape index (κ1) is 11.9. The molecule has 5 nitrogen and oxygen atoms in total. The summed E-state index contributed by atoms with van der Waals surface area (Å²) >= 11 is 0. The Labute approximate surface area is 94.7 Å². The van der Waals surface area contributed by atoms with Crippen molar-refractivity contribution in [3.63, 3.8) is 0 Å². The maximum Gasteiger partial charge on any atom is 0.310 e. The third-order valence-corrected chi connectivity index (χ3v) is 5.30. The summed E-state index contributed by atoms with van der Waals surface area (Å²) in [5, 5.41) is 9.24. The van der Waals surface area contributed by atoms with Crippen LogP contribution >= 0.6 is 0 Å². The van der Waals surface area contributed by atoms with E-state index in [1.807, 2.05) is 0 Å². The number of rotatable bonds is 3. The van der Waals surface area contributed by atoms with Gasteiger partial charge in [0.1, 0.15) is 0 Å². The molecule has 0 saturated carbocycles. The smallest absolute Gasteiger partial charge is 0.310 e. The molecule has 2 saturated heterocycles. The van der Waals surface area contributed by atoms with Gasteiger partial charge in [-0.25, -0.2) is 8.42 Å². The molecular weight excluding hydrogens is 232 g/mol. The summed E-state index contributed by atoms with van der Waals surface area (Å²) in [6.07, 6.45) is 2.26. The largest absolute Gasteiger partial charge is 0.481 e. The van der Waals surface area contributed by atoms with E-state index in [1.54, 1.807) is 0 Å². The molecular formula is C10H16O5S. The molecule has 0 bridgehead atoms. The monoisotopic (exact) mass is 248 g/mol. The third-order valence-electron chi connectivity index (χ3n) is 3.48. The van der Waals surface area contributed by atoms with E-state index in [1.165, 1.54) is 0 Å². The molecule has 0 radical (unpaired) electrons. The molecule has 2 aliphatic heterocycles. The van der Waals surface area contributed by atoms with Crippen molar-refractivity contribution in [3.05, 3.63) is 0 Å². The topological polar surface area (TPSA) is 80.7 Å². The van der Waals surface area contributed by atoms with E-state index < -0.39 is 21.2 Å². The van der Waals surface area contributed by atoms with Crippen LogP contribution in [0.1, 0.15) is 25.7 Å². The maximum absolute atomic E-state index is 11.4. The van der Waals surface area contributed by atoms with Gasteiger partial charge in [0.25, 0.3) is 0 Å². The molecule has 92 valence electrons. The van der Waals surface area contributed by atoms with E-state index in [0.717, 1.165) is 12.8 Å². The van der Waals surface area contributed by atoms with E-state index in [4.69, 9.17) is 4.74 Å². The summed E-state index contributed by atoms with van der Waals surface area (Å²) in [6, 6.07) is 0. The Kier molecular flexibility index (Phi) is 2.96. The zero-order valence-corrected chi connectivity index (χ0v) is 9.83. The fourth-order valence-corrected chi connectivity index (χ4v) is 4.65. The lowest BCUT2D eigenvalue weighted by molar-refractivity contribution is -0.149. The van der Waals surface area contributed by atoms with Crippen molar-refractivity contribution in [3.8, 4) is 0 Å². The van der Waals surface area contributed by atoms with Gasteiger partial charge in [-0.3, -0.25) is 4.79 Å². The fourth-order valence-electron chi connectivity index (χ4n) is 2.57. The minimum Gasteiger partial charge on any atom is -0.481 e. The molecule has 6 heteroatoms. The second-order valence-electron chi connectivity index (χ2n) is 4.77. The van der Waals surface area contributed by atoms with E-state index >= 15 is 0 Å². The molecule has 0 spiro atoms. The second-order valence-corrected chi connectivity index (χ2v) is 6.95. The first-order valence-electron chi connectivity index (χ1n) is 5.49. The van der Waals surface area contributed by atoms with Crippen LogP contribution < -0.4 is 0 Å². The minimum absolute atomic E-state index is 0.00792. The van der Waals surface area contributed by atoms with Crippen LogP contribution in [0.25, 0.3) is 0 Å². The van der Waals surface area contributed by atoms with Gasteiger partial charge in [-0.2, -0.15) is 0 Å². The van der Waals surface area contributed by atoms with Gasteiger partial charge in [0.15, 0.2) is 9.84 Å². The number of sulfone groups is 1. The predicted octanol–water partition coefficient (Wildman–Crippen LogP) is 0.445. The number of ether oxygens (including phenoxy) is 1. The molecule has 2 atom stereocenters. The van der Waals surface area contributed by atoms with Crippen molar-refractivity contribution < 1.29 is 23.1 Å². The number of carboxylic acid groups (broad SMARTS) is 1. The highest BCUT2D eigenvalue weighted by Crippen LogP contribution is 2.39. The highest BCUT2D eigenvalue weighted by Gasteiger charge is 2.49. The first-order chi connectivity index (χ1) is 7.44. The van der Waals surface area contributed by atoms with Crippen molar-refractivity contribution in [2.75, 3.05) is 18.1 Å². The van der Waals surface area contributed by atoms with Gasteiger partial charge >= 0.3 is 5.97 Å². The summed E-state index contributed by atoms with van der Waals surface area (Å²) in [5.41, 5.74) is -1.10. The Morgan fingerprint density at radius 1 is 1.50 bits per heavy atom. The van der Waals surface area contributed by atoms with Gasteiger partial charge < -0.3 is 9.84 Å². The number of carbonyl (C=O) groups is 1. The molecule has 2 unspecified atom stereocenters. The van der Waals surface area contributed by atoms with Crippen LogP contribution in [-0.4, -0.2) is 43.7 Å². The standard InChI is InChI=1S/C10H16O5S/c11-9(12)10(3-5-16(13,14)7-10)6-8-2-1-4-15-8/h8H,1-7H2,(H,11,12). The summed E-state index contributed by atoms with van der Waals surface area (Å²) in [4.78, 5) is 11.3. The van der Waals surface area contributed by atoms with Crippen LogP contribution in [0.2, 0.25) is 0 Å². The Balaban J connectivity index is 2.14. The third kappa shape index (κ3) is 2.22. The minimum atomic E-state index is -3.18. The number of aliphatic carboxylic acids is 1. The maximum atomic E-state index is 11.4. The highest BCUT2D eigenvalue weighted by atomic mass is 32.2. The lowest BCUT2D eigenvalue weighted by Gasteiger charge is -2.25. The number of hydrogen-bond donors (Lipinski definition) is 1. The molecule has 2 heterocycles. The van der Waals surface area contributed by atoms with Crippen LogP contribution in [0.3, 0.4) is 0 Å². The average Bonchev–Trinajstić information content (AvgIpc) is 2.75. The number of carboxylic acids is 1. The molecule has 2 aliphatic rings. The van der Waals surface area contributed by atoms with Crippen molar-refractivity contribution in [1.29, 1.82) is 0 Å². The van der Waals surface area contributed by atoms with Gasteiger partial charge in [-0.1, -0.05) is 0 Å². The Hall–Kier alpha value is -0.620. The fraction of sp³-hybridized carbons (Fsp3) is 0.900.